The molecule has 7 nitrogen and oxygen atoms in total. The lowest BCUT2D eigenvalue weighted by Gasteiger charge is -2.19. The molecule has 0 unspecified atom stereocenters. The van der Waals surface area contributed by atoms with Gasteiger partial charge in [0.2, 0.25) is 0 Å². The van der Waals surface area contributed by atoms with Crippen LogP contribution in [0.2, 0.25) is 0 Å². The molecule has 1 amide bonds. The first kappa shape index (κ1) is 19.6. The van der Waals surface area contributed by atoms with Gasteiger partial charge in [-0.2, -0.15) is 0 Å². The number of carbonyl (C=O) groups excluding carboxylic acids is 1. The molecule has 0 aromatic heterocycles. The first-order valence-electron chi connectivity index (χ1n) is 7.77. The molecular formula is C18H20N2O5S. The fourth-order valence-electron chi connectivity index (χ4n) is 2.14. The van der Waals surface area contributed by atoms with Crippen LogP contribution in [0.15, 0.2) is 53.4 Å². The summed E-state index contributed by atoms with van der Waals surface area (Å²) < 4.78 is 24.3. The number of hydrogen-bond donors (Lipinski definition) is 3. The molecule has 0 spiro atoms. The number of carbonyl (C=O) groups is 2. The number of sulfonamides is 1. The largest absolute Gasteiger partial charge is 0.478 e. The fourth-order valence-corrected chi connectivity index (χ4v) is 2.98. The lowest BCUT2D eigenvalue weighted by Crippen LogP contribution is -2.41. The van der Waals surface area contributed by atoms with Crippen molar-refractivity contribution in [3.05, 3.63) is 65.2 Å². The van der Waals surface area contributed by atoms with E-state index in [0.29, 0.717) is 5.56 Å². The molecule has 0 radical (unpaired) electrons. The zero-order valence-electron chi connectivity index (χ0n) is 14.6. The number of carboxylic acid groups (broad SMARTS) is 1. The first-order chi connectivity index (χ1) is 12.0. The normalized spacial score (nSPS) is 11.8. The van der Waals surface area contributed by atoms with Crippen LogP contribution in [-0.2, 0) is 15.4 Å². The van der Waals surface area contributed by atoms with Crippen LogP contribution >= 0.6 is 0 Å². The molecule has 0 aliphatic carbocycles. The summed E-state index contributed by atoms with van der Waals surface area (Å²) in [5, 5.41) is 8.83. The summed E-state index contributed by atoms with van der Waals surface area (Å²) in [5.41, 5.74) is 3.40. The van der Waals surface area contributed by atoms with Gasteiger partial charge in [0.05, 0.1) is 10.5 Å². The highest BCUT2D eigenvalue weighted by molar-refractivity contribution is 7.89. The van der Waals surface area contributed by atoms with Gasteiger partial charge in [-0.1, -0.05) is 32.9 Å². The zero-order valence-corrected chi connectivity index (χ0v) is 15.4. The molecule has 0 aliphatic rings. The van der Waals surface area contributed by atoms with Gasteiger partial charge < -0.3 is 5.11 Å². The summed E-state index contributed by atoms with van der Waals surface area (Å²) in [5.74, 6) is -1.76. The molecule has 0 aliphatic heterocycles. The summed E-state index contributed by atoms with van der Waals surface area (Å²) in [4.78, 5) is 24.7. The Morgan fingerprint density at radius 2 is 1.38 bits per heavy atom. The predicted octanol–water partition coefficient (Wildman–Crippen LogP) is 2.31. The smallest absolute Gasteiger partial charge is 0.335 e. The van der Waals surface area contributed by atoms with Crippen LogP contribution in [0.25, 0.3) is 0 Å². The Labute approximate surface area is 152 Å². The van der Waals surface area contributed by atoms with E-state index >= 15 is 0 Å². The third kappa shape index (κ3) is 4.68. The van der Waals surface area contributed by atoms with E-state index in [1.54, 1.807) is 12.1 Å². The molecule has 2 rings (SSSR count). The van der Waals surface area contributed by atoms with Gasteiger partial charge in [-0.25, -0.2) is 13.2 Å². The predicted molar refractivity (Wildman–Crippen MR) is 96.3 cm³/mol. The highest BCUT2D eigenvalue weighted by atomic mass is 32.2. The van der Waals surface area contributed by atoms with E-state index in [4.69, 9.17) is 5.11 Å². The SMILES string of the molecule is CC(C)(C)c1ccc(C(=O)NNS(=O)(=O)c2ccc(C(=O)O)cc2)cc1. The Bertz CT molecular complexity index is 912. The second kappa shape index (κ2) is 7.27. The van der Waals surface area contributed by atoms with Crippen molar-refractivity contribution in [2.24, 2.45) is 0 Å². The molecule has 2 aromatic rings. The van der Waals surface area contributed by atoms with Crippen LogP contribution in [0.1, 0.15) is 47.1 Å². The zero-order chi connectivity index (χ0) is 19.5. The molecule has 8 heteroatoms. The first-order valence-corrected chi connectivity index (χ1v) is 9.25. The Morgan fingerprint density at radius 3 is 1.85 bits per heavy atom. The van der Waals surface area contributed by atoms with Gasteiger partial charge in [0.15, 0.2) is 0 Å². The van der Waals surface area contributed by atoms with E-state index in [-0.39, 0.29) is 15.9 Å². The van der Waals surface area contributed by atoms with E-state index in [9.17, 15) is 18.0 Å². The minimum atomic E-state index is -4.01. The fraction of sp³-hybridized carbons (Fsp3) is 0.222. The summed E-state index contributed by atoms with van der Waals surface area (Å²) >= 11 is 0. The van der Waals surface area contributed by atoms with Gasteiger partial charge in [-0.15, -0.1) is 4.83 Å². The summed E-state index contributed by atoms with van der Waals surface area (Å²) in [6, 6.07) is 11.5. The highest BCUT2D eigenvalue weighted by Gasteiger charge is 2.17. The van der Waals surface area contributed by atoms with Crippen molar-refractivity contribution >= 4 is 21.9 Å². The van der Waals surface area contributed by atoms with E-state index in [0.717, 1.165) is 17.7 Å². The number of carboxylic acids is 1. The monoisotopic (exact) mass is 376 g/mol. The second-order valence-corrected chi connectivity index (χ2v) is 8.40. The second-order valence-electron chi connectivity index (χ2n) is 6.72. The molecule has 2 aromatic carbocycles. The minimum absolute atomic E-state index is 0.0353. The van der Waals surface area contributed by atoms with Crippen LogP contribution in [0.4, 0.5) is 0 Å². The Kier molecular flexibility index (Phi) is 5.48. The minimum Gasteiger partial charge on any atom is -0.478 e. The maximum absolute atomic E-state index is 12.2. The Balaban J connectivity index is 2.06. The molecular weight excluding hydrogens is 356 g/mol. The number of benzene rings is 2. The van der Waals surface area contributed by atoms with Gasteiger partial charge in [-0.3, -0.25) is 10.2 Å². The number of aromatic carboxylic acids is 1. The quantitative estimate of drug-likeness (QED) is 0.693. The van der Waals surface area contributed by atoms with Crippen molar-refractivity contribution in [1.82, 2.24) is 10.3 Å². The lowest BCUT2D eigenvalue weighted by atomic mass is 9.87. The highest BCUT2D eigenvalue weighted by Crippen LogP contribution is 2.22. The molecule has 0 bridgehead atoms. The molecule has 3 N–H and O–H groups in total. The maximum Gasteiger partial charge on any atom is 0.335 e. The number of rotatable bonds is 5. The van der Waals surface area contributed by atoms with Crippen LogP contribution in [-0.4, -0.2) is 25.4 Å². The van der Waals surface area contributed by atoms with Gasteiger partial charge in [0, 0.05) is 5.56 Å². The number of hydrazine groups is 1. The van der Waals surface area contributed by atoms with Gasteiger partial charge >= 0.3 is 5.97 Å². The number of nitrogens with one attached hydrogen (secondary N) is 2. The van der Waals surface area contributed by atoms with E-state index < -0.39 is 21.9 Å². The van der Waals surface area contributed by atoms with Crippen molar-refractivity contribution in [3.63, 3.8) is 0 Å². The number of amides is 1. The molecule has 138 valence electrons. The third-order valence-electron chi connectivity index (χ3n) is 3.72. The van der Waals surface area contributed by atoms with Crippen LogP contribution in [0, 0.1) is 0 Å². The lowest BCUT2D eigenvalue weighted by molar-refractivity contribution is 0.0696. The van der Waals surface area contributed by atoms with E-state index in [1.807, 2.05) is 37.7 Å². The summed E-state index contributed by atoms with van der Waals surface area (Å²) in [7, 11) is -4.01. The third-order valence-corrected chi connectivity index (χ3v) is 4.99. The Hall–Kier alpha value is -2.71. The summed E-state index contributed by atoms with van der Waals surface area (Å²) in [6.45, 7) is 6.14. The topological polar surface area (TPSA) is 113 Å². The van der Waals surface area contributed by atoms with Crippen molar-refractivity contribution in [2.75, 3.05) is 0 Å². The van der Waals surface area contributed by atoms with Crippen molar-refractivity contribution in [2.45, 2.75) is 31.1 Å². The van der Waals surface area contributed by atoms with Crippen molar-refractivity contribution in [1.29, 1.82) is 0 Å². The number of hydrogen-bond acceptors (Lipinski definition) is 4. The molecule has 26 heavy (non-hydrogen) atoms. The van der Waals surface area contributed by atoms with Gasteiger partial charge in [0.1, 0.15) is 0 Å². The average molecular weight is 376 g/mol. The molecule has 0 heterocycles. The standard InChI is InChI=1S/C18H20N2O5S/c1-18(2,3)14-8-4-12(5-9-14)16(21)19-20-26(24,25)15-10-6-13(7-11-15)17(22)23/h4-11,20H,1-3H3,(H,19,21)(H,22,23). The van der Waals surface area contributed by atoms with Crippen LogP contribution in [0.5, 0.6) is 0 Å². The van der Waals surface area contributed by atoms with Gasteiger partial charge in [0.25, 0.3) is 15.9 Å². The molecule has 0 fully saturated rings. The molecule has 0 saturated carbocycles. The summed E-state index contributed by atoms with van der Waals surface area (Å²) in [6.07, 6.45) is 0. The van der Waals surface area contributed by atoms with Crippen LogP contribution < -0.4 is 10.3 Å². The average Bonchev–Trinajstić information content (AvgIpc) is 2.59. The maximum atomic E-state index is 12.2. The molecule has 0 atom stereocenters. The Morgan fingerprint density at radius 1 is 0.885 bits per heavy atom. The van der Waals surface area contributed by atoms with E-state index in [1.165, 1.54) is 12.1 Å². The van der Waals surface area contributed by atoms with Crippen LogP contribution in [0.3, 0.4) is 0 Å². The molecule has 0 saturated heterocycles. The van der Waals surface area contributed by atoms with Crippen molar-refractivity contribution < 1.29 is 23.1 Å². The van der Waals surface area contributed by atoms with Gasteiger partial charge in [-0.05, 0) is 47.4 Å². The van der Waals surface area contributed by atoms with Crippen molar-refractivity contribution in [3.8, 4) is 0 Å². The van der Waals surface area contributed by atoms with E-state index in [2.05, 4.69) is 5.43 Å².